The Morgan fingerprint density at radius 2 is 1.67 bits per heavy atom. The molecule has 0 aromatic heterocycles. The lowest BCUT2D eigenvalue weighted by molar-refractivity contribution is 0.503. The first-order chi connectivity index (χ1) is 8.50. The van der Waals surface area contributed by atoms with Gasteiger partial charge in [0, 0.05) is 30.3 Å². The van der Waals surface area contributed by atoms with Gasteiger partial charge in [0.2, 0.25) is 0 Å². The van der Waals surface area contributed by atoms with E-state index < -0.39 is 17.5 Å². The Labute approximate surface area is 106 Å². The Balaban J connectivity index is 2.31. The van der Waals surface area contributed by atoms with Gasteiger partial charge in [-0.1, -0.05) is 13.8 Å². The van der Waals surface area contributed by atoms with Crippen molar-refractivity contribution < 1.29 is 13.2 Å². The Morgan fingerprint density at radius 1 is 1.06 bits per heavy atom. The van der Waals surface area contributed by atoms with Crippen LogP contribution in [0.4, 0.5) is 13.2 Å². The lowest BCUT2D eigenvalue weighted by Crippen LogP contribution is -2.27. The second-order valence-corrected chi connectivity index (χ2v) is 4.49. The first kappa shape index (κ1) is 15.0. The van der Waals surface area contributed by atoms with Crippen LogP contribution in [0, 0.1) is 17.5 Å². The van der Waals surface area contributed by atoms with E-state index in [-0.39, 0.29) is 12.1 Å². The van der Waals surface area contributed by atoms with Gasteiger partial charge < -0.3 is 10.6 Å². The van der Waals surface area contributed by atoms with Crippen molar-refractivity contribution in [2.24, 2.45) is 0 Å². The van der Waals surface area contributed by atoms with Crippen molar-refractivity contribution in [1.29, 1.82) is 0 Å². The van der Waals surface area contributed by atoms with Crippen molar-refractivity contribution in [1.82, 2.24) is 10.6 Å². The normalized spacial score (nSPS) is 11.2. The number of hydrogen-bond donors (Lipinski definition) is 2. The zero-order chi connectivity index (χ0) is 13.5. The second-order valence-electron chi connectivity index (χ2n) is 4.49. The smallest absolute Gasteiger partial charge is 0.133 e. The number of rotatable bonds is 7. The van der Waals surface area contributed by atoms with Gasteiger partial charge in [-0.3, -0.25) is 0 Å². The number of halogens is 3. The van der Waals surface area contributed by atoms with Gasteiger partial charge in [-0.25, -0.2) is 13.2 Å². The molecule has 0 spiro atoms. The van der Waals surface area contributed by atoms with Gasteiger partial charge in [0.15, 0.2) is 0 Å². The van der Waals surface area contributed by atoms with E-state index >= 15 is 0 Å². The maximum Gasteiger partial charge on any atom is 0.133 e. The predicted molar refractivity (Wildman–Crippen MR) is 65.8 cm³/mol. The van der Waals surface area contributed by atoms with Crippen molar-refractivity contribution in [2.45, 2.75) is 32.9 Å². The Kier molecular flexibility index (Phi) is 6.15. The van der Waals surface area contributed by atoms with Crippen LogP contribution in [0.2, 0.25) is 0 Å². The lowest BCUT2D eigenvalue weighted by atomic mass is 10.2. The zero-order valence-electron chi connectivity index (χ0n) is 10.7. The van der Waals surface area contributed by atoms with Gasteiger partial charge in [-0.2, -0.15) is 0 Å². The fourth-order valence-electron chi connectivity index (χ4n) is 1.56. The van der Waals surface area contributed by atoms with Crippen LogP contribution in [0.5, 0.6) is 0 Å². The molecule has 0 amide bonds. The fraction of sp³-hybridized carbons (Fsp3) is 0.538. The molecule has 0 saturated carbocycles. The first-order valence-electron chi connectivity index (χ1n) is 6.08. The molecule has 0 aliphatic heterocycles. The third kappa shape index (κ3) is 5.06. The maximum atomic E-state index is 13.3. The highest BCUT2D eigenvalue weighted by molar-refractivity contribution is 5.20. The van der Waals surface area contributed by atoms with E-state index in [2.05, 4.69) is 24.5 Å². The summed E-state index contributed by atoms with van der Waals surface area (Å²) in [6.45, 7) is 5.67. The molecule has 1 aromatic rings. The van der Waals surface area contributed by atoms with Crippen molar-refractivity contribution in [3.05, 3.63) is 35.1 Å². The van der Waals surface area contributed by atoms with Crippen LogP contribution >= 0.6 is 0 Å². The molecule has 0 bridgehead atoms. The van der Waals surface area contributed by atoms with Crippen molar-refractivity contribution in [3.63, 3.8) is 0 Å². The van der Waals surface area contributed by atoms with E-state index in [4.69, 9.17) is 0 Å². The summed E-state index contributed by atoms with van der Waals surface area (Å²) in [4.78, 5) is 0. The van der Waals surface area contributed by atoms with E-state index in [1.165, 1.54) is 0 Å². The topological polar surface area (TPSA) is 24.1 Å². The summed E-state index contributed by atoms with van der Waals surface area (Å²) in [5.41, 5.74) is -0.117. The van der Waals surface area contributed by atoms with Gasteiger partial charge in [-0.05, 0) is 19.5 Å². The molecule has 0 fully saturated rings. The molecule has 0 aliphatic carbocycles. The Bertz CT molecular complexity index is 357. The third-order valence-corrected chi connectivity index (χ3v) is 2.49. The van der Waals surface area contributed by atoms with Gasteiger partial charge in [0.25, 0.3) is 0 Å². The van der Waals surface area contributed by atoms with Crippen LogP contribution in [0.25, 0.3) is 0 Å². The number of hydrogen-bond acceptors (Lipinski definition) is 2. The molecule has 0 heterocycles. The van der Waals surface area contributed by atoms with E-state index in [0.717, 1.165) is 13.0 Å². The highest BCUT2D eigenvalue weighted by Crippen LogP contribution is 2.14. The summed E-state index contributed by atoms with van der Waals surface area (Å²) in [5.74, 6) is -2.59. The summed E-state index contributed by atoms with van der Waals surface area (Å²) < 4.78 is 39.2. The molecule has 0 aliphatic rings. The number of benzene rings is 1. The summed E-state index contributed by atoms with van der Waals surface area (Å²) in [6.07, 6.45) is 0.864. The van der Waals surface area contributed by atoms with Crippen LogP contribution in [0.3, 0.4) is 0 Å². The standard InChI is InChI=1S/C13H19F3N2/c1-9(2)18-5-3-4-17-8-11-12(15)6-10(14)7-13(11)16/h6-7,9,17-18H,3-5,8H2,1-2H3. The summed E-state index contributed by atoms with van der Waals surface area (Å²) in [5, 5.41) is 6.17. The number of nitrogens with one attached hydrogen (secondary N) is 2. The van der Waals surface area contributed by atoms with Gasteiger partial charge >= 0.3 is 0 Å². The molecule has 2 N–H and O–H groups in total. The minimum Gasteiger partial charge on any atom is -0.314 e. The quantitative estimate of drug-likeness (QED) is 0.736. The average molecular weight is 260 g/mol. The molecule has 5 heteroatoms. The second kappa shape index (κ2) is 7.38. The molecule has 18 heavy (non-hydrogen) atoms. The average Bonchev–Trinajstić information content (AvgIpc) is 2.25. The van der Waals surface area contributed by atoms with Gasteiger partial charge in [-0.15, -0.1) is 0 Å². The van der Waals surface area contributed by atoms with E-state index in [0.29, 0.717) is 24.7 Å². The highest BCUT2D eigenvalue weighted by atomic mass is 19.1. The van der Waals surface area contributed by atoms with Crippen molar-refractivity contribution in [2.75, 3.05) is 13.1 Å². The maximum absolute atomic E-state index is 13.3. The molecule has 0 atom stereocenters. The van der Waals surface area contributed by atoms with Crippen LogP contribution in [0.1, 0.15) is 25.8 Å². The van der Waals surface area contributed by atoms with Crippen molar-refractivity contribution in [3.8, 4) is 0 Å². The van der Waals surface area contributed by atoms with E-state index in [1.807, 2.05) is 0 Å². The predicted octanol–water partition coefficient (Wildman–Crippen LogP) is 2.58. The van der Waals surface area contributed by atoms with Crippen LogP contribution in [-0.2, 0) is 6.54 Å². The van der Waals surface area contributed by atoms with Crippen LogP contribution in [-0.4, -0.2) is 19.1 Å². The monoisotopic (exact) mass is 260 g/mol. The largest absolute Gasteiger partial charge is 0.314 e. The highest BCUT2D eigenvalue weighted by Gasteiger charge is 2.10. The molecule has 1 rings (SSSR count). The molecular formula is C13H19F3N2. The van der Waals surface area contributed by atoms with E-state index in [9.17, 15) is 13.2 Å². The first-order valence-corrected chi connectivity index (χ1v) is 6.08. The molecule has 2 nitrogen and oxygen atoms in total. The molecule has 0 saturated heterocycles. The Hall–Kier alpha value is -1.07. The minimum absolute atomic E-state index is 0.0691. The third-order valence-electron chi connectivity index (χ3n) is 2.49. The molecule has 102 valence electrons. The summed E-state index contributed by atoms with van der Waals surface area (Å²) in [6, 6.07) is 1.82. The molecular weight excluding hydrogens is 241 g/mol. The molecule has 1 aromatic carbocycles. The fourth-order valence-corrected chi connectivity index (χ4v) is 1.56. The Morgan fingerprint density at radius 3 is 2.22 bits per heavy atom. The zero-order valence-corrected chi connectivity index (χ0v) is 10.7. The minimum atomic E-state index is -0.894. The molecule has 0 radical (unpaired) electrons. The van der Waals surface area contributed by atoms with E-state index in [1.54, 1.807) is 0 Å². The van der Waals surface area contributed by atoms with Gasteiger partial charge in [0.05, 0.1) is 0 Å². The van der Waals surface area contributed by atoms with Crippen molar-refractivity contribution >= 4 is 0 Å². The van der Waals surface area contributed by atoms with Crippen LogP contribution in [0.15, 0.2) is 12.1 Å². The lowest BCUT2D eigenvalue weighted by Gasteiger charge is -2.09. The summed E-state index contributed by atoms with van der Waals surface area (Å²) >= 11 is 0. The summed E-state index contributed by atoms with van der Waals surface area (Å²) in [7, 11) is 0. The molecule has 0 unspecified atom stereocenters. The SMILES string of the molecule is CC(C)NCCCNCc1c(F)cc(F)cc1F. The van der Waals surface area contributed by atoms with Crippen LogP contribution < -0.4 is 10.6 Å². The van der Waals surface area contributed by atoms with Gasteiger partial charge in [0.1, 0.15) is 17.5 Å².